The second-order valence-electron chi connectivity index (χ2n) is 6.54. The number of sulfonamides is 1. The van der Waals surface area contributed by atoms with Crippen LogP contribution in [0.15, 0.2) is 48.5 Å². The van der Waals surface area contributed by atoms with Gasteiger partial charge in [-0.2, -0.15) is 11.8 Å². The summed E-state index contributed by atoms with van der Waals surface area (Å²) in [6, 6.07) is 13.9. The number of hydrogen-bond donors (Lipinski definition) is 1. The van der Waals surface area contributed by atoms with Gasteiger partial charge in [0.25, 0.3) is 0 Å². The molecule has 0 aliphatic carbocycles. The summed E-state index contributed by atoms with van der Waals surface area (Å²) in [5, 5.41) is 3.54. The lowest BCUT2D eigenvalue weighted by Gasteiger charge is -2.28. The van der Waals surface area contributed by atoms with E-state index in [2.05, 4.69) is 5.32 Å². The molecular formula is C20H25ClN2O3S2. The highest BCUT2D eigenvalue weighted by molar-refractivity contribution is 7.98. The minimum absolute atomic E-state index is 0.320. The lowest BCUT2D eigenvalue weighted by molar-refractivity contribution is -0.121. The lowest BCUT2D eigenvalue weighted by atomic mass is 10.2. The molecule has 0 fully saturated rings. The molecule has 1 amide bonds. The maximum absolute atomic E-state index is 12.5. The average Bonchev–Trinajstić information content (AvgIpc) is 2.61. The van der Waals surface area contributed by atoms with Crippen molar-refractivity contribution in [3.8, 4) is 0 Å². The van der Waals surface area contributed by atoms with Gasteiger partial charge in [0.2, 0.25) is 15.9 Å². The van der Waals surface area contributed by atoms with E-state index in [-0.39, 0.29) is 5.91 Å². The van der Waals surface area contributed by atoms with Crippen LogP contribution in [0.4, 0.5) is 5.69 Å². The van der Waals surface area contributed by atoms with E-state index in [1.54, 1.807) is 36.9 Å². The number of nitrogens with one attached hydrogen (secondary N) is 1. The number of nitrogens with zero attached hydrogens (tertiary/aromatic N) is 1. The number of aryl methyl sites for hydroxylation is 1. The Morgan fingerprint density at radius 1 is 1.21 bits per heavy atom. The van der Waals surface area contributed by atoms with E-state index in [4.69, 9.17) is 11.6 Å². The van der Waals surface area contributed by atoms with Crippen LogP contribution >= 0.6 is 23.4 Å². The van der Waals surface area contributed by atoms with Gasteiger partial charge in [0.15, 0.2) is 0 Å². The molecule has 152 valence electrons. The molecule has 28 heavy (non-hydrogen) atoms. The fraction of sp³-hybridized carbons (Fsp3) is 0.350. The number of benzene rings is 2. The van der Waals surface area contributed by atoms with E-state index in [9.17, 15) is 13.2 Å². The Hall–Kier alpha value is -1.70. The van der Waals surface area contributed by atoms with Gasteiger partial charge in [0, 0.05) is 23.1 Å². The first-order valence-corrected chi connectivity index (χ1v) is 12.2. The van der Waals surface area contributed by atoms with Gasteiger partial charge >= 0.3 is 0 Å². The number of anilines is 1. The molecule has 8 heteroatoms. The maximum Gasteiger partial charge on any atom is 0.243 e. The molecule has 2 aromatic carbocycles. The van der Waals surface area contributed by atoms with Gasteiger partial charge in [-0.05, 0) is 49.2 Å². The molecule has 1 N–H and O–H groups in total. The maximum atomic E-state index is 12.5. The summed E-state index contributed by atoms with van der Waals surface area (Å²) in [5.74, 6) is 1.23. The molecular weight excluding hydrogens is 416 g/mol. The smallest absolute Gasteiger partial charge is 0.243 e. The normalized spacial score (nSPS) is 12.4. The van der Waals surface area contributed by atoms with Crippen molar-refractivity contribution in [1.29, 1.82) is 0 Å². The van der Waals surface area contributed by atoms with E-state index in [0.29, 0.717) is 17.3 Å². The summed E-state index contributed by atoms with van der Waals surface area (Å²) in [4.78, 5) is 12.5. The standard InChI is InChI=1S/C20H25ClN2O3S2/c1-15-5-4-6-19(13-15)23(28(3,25)26)16(2)20(24)22-11-12-27-14-17-7-9-18(21)10-8-17/h4-10,13,16H,11-12,14H2,1-3H3,(H,22,24)/t16-/m1/s1. The Kier molecular flexibility index (Phi) is 8.22. The van der Waals surface area contributed by atoms with E-state index in [1.807, 2.05) is 37.3 Å². The third-order valence-electron chi connectivity index (χ3n) is 4.07. The molecule has 5 nitrogen and oxygen atoms in total. The fourth-order valence-corrected chi connectivity index (χ4v) is 4.85. The average molecular weight is 441 g/mol. The van der Waals surface area contributed by atoms with Gasteiger partial charge in [0.05, 0.1) is 11.9 Å². The van der Waals surface area contributed by atoms with Crippen molar-refractivity contribution in [3.63, 3.8) is 0 Å². The molecule has 0 bridgehead atoms. The Bertz CT molecular complexity index is 902. The Morgan fingerprint density at radius 3 is 2.50 bits per heavy atom. The zero-order valence-electron chi connectivity index (χ0n) is 16.2. The molecule has 2 aromatic rings. The molecule has 2 rings (SSSR count). The summed E-state index contributed by atoms with van der Waals surface area (Å²) in [6.45, 7) is 3.94. The minimum Gasteiger partial charge on any atom is -0.353 e. The first-order chi connectivity index (χ1) is 13.2. The predicted octanol–water partition coefficient (Wildman–Crippen LogP) is 3.85. The highest BCUT2D eigenvalue weighted by Crippen LogP contribution is 2.22. The number of halogens is 1. The lowest BCUT2D eigenvalue weighted by Crippen LogP contribution is -2.48. The van der Waals surface area contributed by atoms with E-state index in [0.717, 1.165) is 33.2 Å². The third kappa shape index (κ3) is 6.72. The van der Waals surface area contributed by atoms with E-state index < -0.39 is 16.1 Å². The first-order valence-electron chi connectivity index (χ1n) is 8.84. The molecule has 1 atom stereocenters. The monoisotopic (exact) mass is 440 g/mol. The van der Waals surface area contributed by atoms with Gasteiger partial charge in [-0.25, -0.2) is 8.42 Å². The van der Waals surface area contributed by atoms with Crippen LogP contribution in [0, 0.1) is 6.92 Å². The molecule has 0 aliphatic rings. The fourth-order valence-electron chi connectivity index (χ4n) is 2.74. The highest BCUT2D eigenvalue weighted by Gasteiger charge is 2.28. The molecule has 0 radical (unpaired) electrons. The van der Waals surface area contributed by atoms with Crippen molar-refractivity contribution in [2.75, 3.05) is 22.9 Å². The van der Waals surface area contributed by atoms with Crippen LogP contribution in [0.2, 0.25) is 5.02 Å². The Labute approximate surface area is 176 Å². The first kappa shape index (κ1) is 22.6. The predicted molar refractivity (Wildman–Crippen MR) is 119 cm³/mol. The van der Waals surface area contributed by atoms with Crippen LogP contribution in [-0.2, 0) is 20.6 Å². The summed E-state index contributed by atoms with van der Waals surface area (Å²) in [5.41, 5.74) is 2.58. The highest BCUT2D eigenvalue weighted by atomic mass is 35.5. The summed E-state index contributed by atoms with van der Waals surface area (Å²) in [7, 11) is -3.60. The van der Waals surface area contributed by atoms with E-state index in [1.165, 1.54) is 0 Å². The zero-order chi connectivity index (χ0) is 20.7. The Morgan fingerprint density at radius 2 is 1.89 bits per heavy atom. The third-order valence-corrected chi connectivity index (χ3v) is 6.60. The molecule has 0 saturated carbocycles. The molecule has 0 spiro atoms. The van der Waals surface area contributed by atoms with Crippen molar-refractivity contribution in [3.05, 3.63) is 64.7 Å². The number of carbonyl (C=O) groups is 1. The second-order valence-corrected chi connectivity index (χ2v) is 9.94. The van der Waals surface area contributed by atoms with Crippen LogP contribution in [-0.4, -0.2) is 38.9 Å². The minimum atomic E-state index is -3.60. The molecule has 0 unspecified atom stereocenters. The van der Waals surface area contributed by atoms with Crippen LogP contribution in [0.3, 0.4) is 0 Å². The molecule has 0 aliphatic heterocycles. The number of rotatable bonds is 9. The van der Waals surface area contributed by atoms with Gasteiger partial charge in [-0.3, -0.25) is 9.10 Å². The van der Waals surface area contributed by atoms with Crippen LogP contribution in [0.25, 0.3) is 0 Å². The number of carbonyl (C=O) groups excluding carboxylic acids is 1. The molecule has 0 saturated heterocycles. The number of amides is 1. The second kappa shape index (κ2) is 10.2. The quantitative estimate of drug-likeness (QED) is 0.601. The van der Waals surface area contributed by atoms with Crippen LogP contribution in [0.5, 0.6) is 0 Å². The molecule has 0 aromatic heterocycles. The van der Waals surface area contributed by atoms with Crippen LogP contribution in [0.1, 0.15) is 18.1 Å². The van der Waals surface area contributed by atoms with Gasteiger partial charge in [-0.15, -0.1) is 0 Å². The van der Waals surface area contributed by atoms with Crippen molar-refractivity contribution in [1.82, 2.24) is 5.32 Å². The van der Waals surface area contributed by atoms with Gasteiger partial charge in [0.1, 0.15) is 6.04 Å². The summed E-state index contributed by atoms with van der Waals surface area (Å²) >= 11 is 7.56. The van der Waals surface area contributed by atoms with E-state index >= 15 is 0 Å². The van der Waals surface area contributed by atoms with Crippen molar-refractivity contribution in [2.45, 2.75) is 25.6 Å². The summed E-state index contributed by atoms with van der Waals surface area (Å²) < 4.78 is 25.7. The van der Waals surface area contributed by atoms with Gasteiger partial charge < -0.3 is 5.32 Å². The van der Waals surface area contributed by atoms with Crippen molar-refractivity contribution >= 4 is 45.0 Å². The zero-order valence-corrected chi connectivity index (χ0v) is 18.6. The van der Waals surface area contributed by atoms with Gasteiger partial charge in [-0.1, -0.05) is 35.9 Å². The Balaban J connectivity index is 1.89. The van der Waals surface area contributed by atoms with Crippen molar-refractivity contribution < 1.29 is 13.2 Å². The largest absolute Gasteiger partial charge is 0.353 e. The molecule has 0 heterocycles. The number of thioether (sulfide) groups is 1. The SMILES string of the molecule is Cc1cccc(N([C@H](C)C(=O)NCCSCc2ccc(Cl)cc2)S(C)(=O)=O)c1. The number of hydrogen-bond acceptors (Lipinski definition) is 4. The topological polar surface area (TPSA) is 66.5 Å². The summed E-state index contributed by atoms with van der Waals surface area (Å²) in [6.07, 6.45) is 1.11. The van der Waals surface area contributed by atoms with Crippen LogP contribution < -0.4 is 9.62 Å². The van der Waals surface area contributed by atoms with Crippen molar-refractivity contribution in [2.24, 2.45) is 0 Å².